The molecule has 0 amide bonds. The molecule has 0 spiro atoms. The zero-order chi connectivity index (χ0) is 11.2. The molecule has 0 saturated heterocycles. The minimum atomic E-state index is 0.317. The fraction of sp³-hybridized carbons (Fsp3) is 0.231. The molecule has 1 unspecified atom stereocenters. The lowest BCUT2D eigenvalue weighted by Gasteiger charge is -2.14. The Hall–Kier alpha value is -1.74. The van der Waals surface area contributed by atoms with E-state index in [1.165, 1.54) is 5.56 Å². The molecule has 0 aliphatic rings. The summed E-state index contributed by atoms with van der Waals surface area (Å²) in [5.74, 6) is 0.317. The van der Waals surface area contributed by atoms with Crippen LogP contribution < -0.4 is 5.73 Å². The standard InChI is InChI=1S/C13H15N3/c14-10-12(11-4-7-15-8-5-11)9-13-3-1-2-6-16-13/h1-8,12H,9-10,14H2. The summed E-state index contributed by atoms with van der Waals surface area (Å²) in [4.78, 5) is 8.33. The van der Waals surface area contributed by atoms with E-state index in [2.05, 4.69) is 9.97 Å². The molecule has 1 atom stereocenters. The Balaban J connectivity index is 2.13. The van der Waals surface area contributed by atoms with Crippen LogP contribution in [0.5, 0.6) is 0 Å². The molecule has 2 rings (SSSR count). The molecule has 0 bridgehead atoms. The molecule has 0 aliphatic heterocycles. The summed E-state index contributed by atoms with van der Waals surface area (Å²) in [6.45, 7) is 0.626. The van der Waals surface area contributed by atoms with Gasteiger partial charge < -0.3 is 5.73 Å². The van der Waals surface area contributed by atoms with Crippen LogP contribution in [-0.4, -0.2) is 16.5 Å². The van der Waals surface area contributed by atoms with E-state index < -0.39 is 0 Å². The van der Waals surface area contributed by atoms with E-state index >= 15 is 0 Å². The van der Waals surface area contributed by atoms with Crippen molar-refractivity contribution in [2.24, 2.45) is 5.73 Å². The fourth-order valence-electron chi connectivity index (χ4n) is 1.74. The topological polar surface area (TPSA) is 51.8 Å². The molecule has 0 radical (unpaired) electrons. The lowest BCUT2D eigenvalue weighted by Crippen LogP contribution is -2.15. The van der Waals surface area contributed by atoms with E-state index in [9.17, 15) is 0 Å². The molecule has 0 aromatic carbocycles. The molecule has 2 aromatic heterocycles. The number of nitrogens with zero attached hydrogens (tertiary/aromatic N) is 2. The van der Waals surface area contributed by atoms with E-state index in [0.717, 1.165) is 12.1 Å². The number of rotatable bonds is 4. The van der Waals surface area contributed by atoms with Gasteiger partial charge in [0.1, 0.15) is 0 Å². The summed E-state index contributed by atoms with van der Waals surface area (Å²) in [5, 5.41) is 0. The number of aromatic nitrogens is 2. The van der Waals surface area contributed by atoms with E-state index in [0.29, 0.717) is 12.5 Å². The molecule has 3 nitrogen and oxygen atoms in total. The van der Waals surface area contributed by atoms with Crippen LogP contribution in [-0.2, 0) is 6.42 Å². The first-order valence-electron chi connectivity index (χ1n) is 5.40. The minimum Gasteiger partial charge on any atom is -0.330 e. The SMILES string of the molecule is NCC(Cc1ccccn1)c1ccncc1. The van der Waals surface area contributed by atoms with E-state index in [-0.39, 0.29) is 0 Å². The van der Waals surface area contributed by atoms with E-state index in [1.54, 1.807) is 12.4 Å². The predicted octanol–water partition coefficient (Wildman–Crippen LogP) is 1.76. The molecular weight excluding hydrogens is 198 g/mol. The summed E-state index contributed by atoms with van der Waals surface area (Å²) in [5.41, 5.74) is 8.11. The lowest BCUT2D eigenvalue weighted by molar-refractivity contribution is 0.681. The summed E-state index contributed by atoms with van der Waals surface area (Å²) in [6.07, 6.45) is 6.30. The van der Waals surface area contributed by atoms with Crippen LogP contribution >= 0.6 is 0 Å². The van der Waals surface area contributed by atoms with Gasteiger partial charge in [0.05, 0.1) is 0 Å². The number of pyridine rings is 2. The van der Waals surface area contributed by atoms with Crippen molar-refractivity contribution < 1.29 is 0 Å². The number of nitrogens with two attached hydrogens (primary N) is 1. The molecule has 0 aliphatic carbocycles. The van der Waals surface area contributed by atoms with Crippen molar-refractivity contribution >= 4 is 0 Å². The van der Waals surface area contributed by atoms with Gasteiger partial charge >= 0.3 is 0 Å². The third-order valence-electron chi connectivity index (χ3n) is 2.64. The van der Waals surface area contributed by atoms with Gasteiger partial charge in [0.2, 0.25) is 0 Å². The highest BCUT2D eigenvalue weighted by atomic mass is 14.7. The Morgan fingerprint density at radius 3 is 2.50 bits per heavy atom. The van der Waals surface area contributed by atoms with Crippen LogP contribution in [0.1, 0.15) is 17.2 Å². The number of hydrogen-bond acceptors (Lipinski definition) is 3. The molecule has 0 saturated carbocycles. The molecule has 82 valence electrons. The van der Waals surface area contributed by atoms with Crippen LogP contribution in [0, 0.1) is 0 Å². The summed E-state index contributed by atoms with van der Waals surface area (Å²) in [7, 11) is 0. The fourth-order valence-corrected chi connectivity index (χ4v) is 1.74. The second kappa shape index (κ2) is 5.37. The quantitative estimate of drug-likeness (QED) is 0.842. The summed E-state index contributed by atoms with van der Waals surface area (Å²) < 4.78 is 0. The first-order chi connectivity index (χ1) is 7.90. The van der Waals surface area contributed by atoms with Crippen LogP contribution in [0.2, 0.25) is 0 Å². The highest BCUT2D eigenvalue weighted by molar-refractivity contribution is 5.19. The predicted molar refractivity (Wildman–Crippen MR) is 64.0 cm³/mol. The second-order valence-electron chi connectivity index (χ2n) is 3.74. The average molecular weight is 213 g/mol. The van der Waals surface area contributed by atoms with Crippen LogP contribution in [0.4, 0.5) is 0 Å². The summed E-state index contributed by atoms with van der Waals surface area (Å²) in [6, 6.07) is 9.99. The van der Waals surface area contributed by atoms with Crippen molar-refractivity contribution in [2.75, 3.05) is 6.54 Å². The molecule has 3 heteroatoms. The maximum absolute atomic E-state index is 5.80. The highest BCUT2D eigenvalue weighted by Gasteiger charge is 2.10. The van der Waals surface area contributed by atoms with Gasteiger partial charge in [-0.1, -0.05) is 6.07 Å². The van der Waals surface area contributed by atoms with Crippen molar-refractivity contribution in [2.45, 2.75) is 12.3 Å². The van der Waals surface area contributed by atoms with Gasteiger partial charge in [0.25, 0.3) is 0 Å². The van der Waals surface area contributed by atoms with Gasteiger partial charge in [-0.2, -0.15) is 0 Å². The largest absolute Gasteiger partial charge is 0.330 e. The third-order valence-corrected chi connectivity index (χ3v) is 2.64. The maximum Gasteiger partial charge on any atom is 0.0410 e. The van der Waals surface area contributed by atoms with Crippen molar-refractivity contribution in [3.63, 3.8) is 0 Å². The van der Waals surface area contributed by atoms with E-state index in [4.69, 9.17) is 5.73 Å². The van der Waals surface area contributed by atoms with Gasteiger partial charge in [-0.3, -0.25) is 9.97 Å². The van der Waals surface area contributed by atoms with Crippen molar-refractivity contribution in [1.29, 1.82) is 0 Å². The Kier molecular flexibility index (Phi) is 3.62. The average Bonchev–Trinajstić information content (AvgIpc) is 2.38. The van der Waals surface area contributed by atoms with Crippen LogP contribution in [0.15, 0.2) is 48.9 Å². The van der Waals surface area contributed by atoms with Crippen molar-refractivity contribution in [3.8, 4) is 0 Å². The van der Waals surface area contributed by atoms with Crippen LogP contribution in [0.25, 0.3) is 0 Å². The minimum absolute atomic E-state index is 0.317. The monoisotopic (exact) mass is 213 g/mol. The zero-order valence-electron chi connectivity index (χ0n) is 9.08. The van der Waals surface area contributed by atoms with Crippen molar-refractivity contribution in [1.82, 2.24) is 9.97 Å². The first kappa shape index (κ1) is 10.8. The Morgan fingerprint density at radius 2 is 1.88 bits per heavy atom. The first-order valence-corrected chi connectivity index (χ1v) is 5.40. The van der Waals surface area contributed by atoms with Crippen LogP contribution in [0.3, 0.4) is 0 Å². The second-order valence-corrected chi connectivity index (χ2v) is 3.74. The Morgan fingerprint density at radius 1 is 1.06 bits per heavy atom. The molecular formula is C13H15N3. The Bertz CT molecular complexity index is 414. The summed E-state index contributed by atoms with van der Waals surface area (Å²) >= 11 is 0. The smallest absolute Gasteiger partial charge is 0.0410 e. The zero-order valence-corrected chi connectivity index (χ0v) is 9.08. The highest BCUT2D eigenvalue weighted by Crippen LogP contribution is 2.17. The lowest BCUT2D eigenvalue weighted by atomic mass is 9.95. The molecule has 2 N–H and O–H groups in total. The molecule has 2 aromatic rings. The van der Waals surface area contributed by atoms with Gasteiger partial charge in [-0.05, 0) is 42.8 Å². The molecule has 0 fully saturated rings. The maximum atomic E-state index is 5.80. The normalized spacial score (nSPS) is 12.3. The van der Waals surface area contributed by atoms with Gasteiger partial charge in [-0.25, -0.2) is 0 Å². The van der Waals surface area contributed by atoms with Gasteiger partial charge in [-0.15, -0.1) is 0 Å². The molecule has 2 heterocycles. The number of hydrogen-bond donors (Lipinski definition) is 1. The van der Waals surface area contributed by atoms with Gasteiger partial charge in [0, 0.05) is 30.2 Å². The van der Waals surface area contributed by atoms with E-state index in [1.807, 2.05) is 36.5 Å². The van der Waals surface area contributed by atoms with Crippen molar-refractivity contribution in [3.05, 3.63) is 60.2 Å². The van der Waals surface area contributed by atoms with Gasteiger partial charge in [0.15, 0.2) is 0 Å². The Labute approximate surface area is 95.4 Å². The third kappa shape index (κ3) is 2.64. The molecule has 16 heavy (non-hydrogen) atoms.